The first-order valence-electron chi connectivity index (χ1n) is 10.2. The quantitative estimate of drug-likeness (QED) is 0.671. The third-order valence-corrected chi connectivity index (χ3v) is 6.87. The molecule has 1 N–H and O–H groups in total. The van der Waals surface area contributed by atoms with E-state index in [1.165, 1.54) is 35.2 Å². The summed E-state index contributed by atoms with van der Waals surface area (Å²) in [6, 6.07) is 5.45. The molecule has 4 rings (SSSR count). The number of amides is 2. The van der Waals surface area contributed by atoms with Crippen molar-refractivity contribution >= 4 is 39.1 Å². The van der Waals surface area contributed by atoms with Crippen LogP contribution in [0.4, 0.5) is 10.1 Å². The van der Waals surface area contributed by atoms with Gasteiger partial charge in [-0.3, -0.25) is 19.0 Å². The van der Waals surface area contributed by atoms with Crippen LogP contribution in [0.1, 0.15) is 35.0 Å². The number of carbonyl (C=O) groups excluding carboxylic acids is 2. The van der Waals surface area contributed by atoms with Gasteiger partial charge in [0.2, 0.25) is 5.91 Å². The van der Waals surface area contributed by atoms with E-state index in [2.05, 4.69) is 17.2 Å². The summed E-state index contributed by atoms with van der Waals surface area (Å²) in [6.07, 6.45) is 3.30. The summed E-state index contributed by atoms with van der Waals surface area (Å²) < 4.78 is 14.4. The highest BCUT2D eigenvalue weighted by molar-refractivity contribution is 7.20. The van der Waals surface area contributed by atoms with Crippen molar-refractivity contribution in [2.45, 2.75) is 33.2 Å². The van der Waals surface area contributed by atoms with Crippen LogP contribution in [0, 0.1) is 18.7 Å². The molecule has 0 aliphatic carbocycles. The van der Waals surface area contributed by atoms with Crippen LogP contribution in [-0.2, 0) is 11.3 Å². The second kappa shape index (κ2) is 8.58. The number of thiophene rings is 1. The molecule has 1 fully saturated rings. The first-order chi connectivity index (χ1) is 14.8. The minimum Gasteiger partial charge on any atom is -0.341 e. The van der Waals surface area contributed by atoms with E-state index in [1.807, 2.05) is 0 Å². The molecule has 162 valence electrons. The van der Waals surface area contributed by atoms with Crippen molar-refractivity contribution < 1.29 is 14.0 Å². The molecule has 0 radical (unpaired) electrons. The summed E-state index contributed by atoms with van der Waals surface area (Å²) in [5, 5.41) is 3.05. The van der Waals surface area contributed by atoms with Gasteiger partial charge in [0, 0.05) is 18.8 Å². The number of benzene rings is 1. The van der Waals surface area contributed by atoms with Crippen LogP contribution in [0.15, 0.2) is 35.4 Å². The highest BCUT2D eigenvalue weighted by Crippen LogP contribution is 2.27. The fourth-order valence-corrected chi connectivity index (χ4v) is 4.75. The zero-order valence-electron chi connectivity index (χ0n) is 17.4. The summed E-state index contributed by atoms with van der Waals surface area (Å²) in [5.41, 5.74) is 0.638. The maximum Gasteiger partial charge on any atom is 0.266 e. The Labute approximate surface area is 182 Å². The molecule has 0 atom stereocenters. The number of halogens is 1. The summed E-state index contributed by atoms with van der Waals surface area (Å²) in [7, 11) is 0. The first-order valence-corrected chi connectivity index (χ1v) is 11.0. The van der Waals surface area contributed by atoms with Gasteiger partial charge in [-0.1, -0.05) is 6.92 Å². The highest BCUT2D eigenvalue weighted by atomic mass is 32.1. The second-order valence-corrected chi connectivity index (χ2v) is 8.94. The predicted octanol–water partition coefficient (Wildman–Crippen LogP) is 3.42. The summed E-state index contributed by atoms with van der Waals surface area (Å²) in [6.45, 7) is 5.21. The van der Waals surface area contributed by atoms with Crippen molar-refractivity contribution in [2.24, 2.45) is 5.92 Å². The molecule has 1 saturated heterocycles. The lowest BCUT2D eigenvalue weighted by molar-refractivity contribution is -0.133. The van der Waals surface area contributed by atoms with Gasteiger partial charge in [0.05, 0.1) is 16.6 Å². The molecule has 1 aliphatic rings. The third kappa shape index (κ3) is 4.36. The molecule has 31 heavy (non-hydrogen) atoms. The number of hydrogen-bond donors (Lipinski definition) is 1. The number of aromatic nitrogens is 2. The van der Waals surface area contributed by atoms with Crippen molar-refractivity contribution in [2.75, 3.05) is 18.4 Å². The van der Waals surface area contributed by atoms with Gasteiger partial charge >= 0.3 is 0 Å². The van der Waals surface area contributed by atoms with E-state index in [4.69, 9.17) is 0 Å². The normalized spacial score (nSPS) is 14.7. The topological polar surface area (TPSA) is 84.3 Å². The standard InChI is InChI=1S/C22H23FN4O3S/c1-13-7-9-26(10-8-13)17(28)11-27-12-24-21-18(22(27)30)14(2)19(31-21)20(29)25-16-5-3-15(23)4-6-16/h3-6,12-13H,7-11H2,1-2H3,(H,25,29). The minimum atomic E-state index is -0.394. The van der Waals surface area contributed by atoms with Crippen LogP contribution in [0.3, 0.4) is 0 Å². The molecule has 1 aromatic carbocycles. The van der Waals surface area contributed by atoms with Gasteiger partial charge in [0.1, 0.15) is 17.2 Å². The van der Waals surface area contributed by atoms with E-state index in [0.717, 1.165) is 24.2 Å². The zero-order valence-corrected chi connectivity index (χ0v) is 18.2. The maximum absolute atomic E-state index is 13.1. The molecule has 0 unspecified atom stereocenters. The molecule has 3 heterocycles. The van der Waals surface area contributed by atoms with Crippen LogP contribution in [0.2, 0.25) is 0 Å². The smallest absolute Gasteiger partial charge is 0.266 e. The molecule has 2 amide bonds. The van der Waals surface area contributed by atoms with E-state index >= 15 is 0 Å². The Morgan fingerprint density at radius 1 is 1.23 bits per heavy atom. The molecule has 0 bridgehead atoms. The number of carbonyl (C=O) groups is 2. The van der Waals surface area contributed by atoms with Gasteiger partial charge in [-0.2, -0.15) is 0 Å². The molecule has 9 heteroatoms. The van der Waals surface area contributed by atoms with Gasteiger partial charge in [-0.05, 0) is 55.5 Å². The summed E-state index contributed by atoms with van der Waals surface area (Å²) >= 11 is 1.12. The van der Waals surface area contributed by atoms with E-state index in [0.29, 0.717) is 45.4 Å². The number of aryl methyl sites for hydroxylation is 1. The van der Waals surface area contributed by atoms with E-state index in [1.54, 1.807) is 11.8 Å². The molecular weight excluding hydrogens is 419 g/mol. The SMILES string of the molecule is Cc1c(C(=O)Nc2ccc(F)cc2)sc2ncn(CC(=O)N3CCC(C)CC3)c(=O)c12. The monoisotopic (exact) mass is 442 g/mol. The molecule has 7 nitrogen and oxygen atoms in total. The van der Waals surface area contributed by atoms with Crippen LogP contribution in [-0.4, -0.2) is 39.4 Å². The average Bonchev–Trinajstić information content (AvgIpc) is 3.09. The van der Waals surface area contributed by atoms with E-state index in [-0.39, 0.29) is 18.0 Å². The van der Waals surface area contributed by atoms with Crippen molar-refractivity contribution in [1.82, 2.24) is 14.5 Å². The largest absolute Gasteiger partial charge is 0.341 e. The number of nitrogens with one attached hydrogen (secondary N) is 1. The lowest BCUT2D eigenvalue weighted by atomic mass is 9.99. The molecule has 3 aromatic rings. The van der Waals surface area contributed by atoms with Crippen molar-refractivity contribution in [3.8, 4) is 0 Å². The number of piperidine rings is 1. The number of likely N-dealkylation sites (tertiary alicyclic amines) is 1. The Morgan fingerprint density at radius 3 is 2.58 bits per heavy atom. The number of hydrogen-bond acceptors (Lipinski definition) is 5. The Bertz CT molecular complexity index is 1190. The Morgan fingerprint density at radius 2 is 1.90 bits per heavy atom. The third-order valence-electron chi connectivity index (χ3n) is 5.67. The van der Waals surface area contributed by atoms with Crippen LogP contribution >= 0.6 is 11.3 Å². The van der Waals surface area contributed by atoms with Gasteiger partial charge < -0.3 is 10.2 Å². The summed E-state index contributed by atoms with van der Waals surface area (Å²) in [4.78, 5) is 45.3. The van der Waals surface area contributed by atoms with Crippen molar-refractivity contribution in [1.29, 1.82) is 0 Å². The predicted molar refractivity (Wildman–Crippen MR) is 118 cm³/mol. The lowest BCUT2D eigenvalue weighted by Crippen LogP contribution is -2.41. The van der Waals surface area contributed by atoms with Gasteiger partial charge in [-0.15, -0.1) is 11.3 Å². The Kier molecular flexibility index (Phi) is 5.86. The summed E-state index contributed by atoms with van der Waals surface area (Å²) in [5.74, 6) is -0.277. The second-order valence-electron chi connectivity index (χ2n) is 7.94. The minimum absolute atomic E-state index is 0.0669. The Balaban J connectivity index is 1.57. The van der Waals surface area contributed by atoms with Crippen LogP contribution < -0.4 is 10.9 Å². The van der Waals surface area contributed by atoms with Gasteiger partial charge in [0.15, 0.2) is 0 Å². The van der Waals surface area contributed by atoms with Crippen LogP contribution in [0.25, 0.3) is 10.2 Å². The first kappa shape index (κ1) is 21.2. The number of nitrogens with zero attached hydrogens (tertiary/aromatic N) is 3. The Hall–Kier alpha value is -3.07. The van der Waals surface area contributed by atoms with Gasteiger partial charge in [0.25, 0.3) is 11.5 Å². The number of anilines is 1. The number of rotatable bonds is 4. The fourth-order valence-electron chi connectivity index (χ4n) is 3.71. The van der Waals surface area contributed by atoms with E-state index in [9.17, 15) is 18.8 Å². The maximum atomic E-state index is 13.1. The zero-order chi connectivity index (χ0) is 22.1. The highest BCUT2D eigenvalue weighted by Gasteiger charge is 2.23. The van der Waals surface area contributed by atoms with Crippen LogP contribution in [0.5, 0.6) is 0 Å². The molecule has 0 spiro atoms. The van der Waals surface area contributed by atoms with Gasteiger partial charge in [-0.25, -0.2) is 9.37 Å². The lowest BCUT2D eigenvalue weighted by Gasteiger charge is -2.30. The molecular formula is C22H23FN4O3S. The van der Waals surface area contributed by atoms with E-state index < -0.39 is 11.7 Å². The average molecular weight is 443 g/mol. The molecule has 1 aliphatic heterocycles. The van der Waals surface area contributed by atoms with Crippen molar-refractivity contribution in [3.05, 3.63) is 57.2 Å². The molecule has 2 aromatic heterocycles. The molecule has 0 saturated carbocycles. The number of fused-ring (bicyclic) bond motifs is 1. The van der Waals surface area contributed by atoms with Crippen molar-refractivity contribution in [3.63, 3.8) is 0 Å². The fraction of sp³-hybridized carbons (Fsp3) is 0.364.